The van der Waals surface area contributed by atoms with Crippen LogP contribution in [0, 0.1) is 5.82 Å². The minimum absolute atomic E-state index is 0.00723. The van der Waals surface area contributed by atoms with Gasteiger partial charge in [-0.05, 0) is 49.6 Å². The van der Waals surface area contributed by atoms with E-state index >= 15 is 0 Å². The summed E-state index contributed by atoms with van der Waals surface area (Å²) in [6, 6.07) is 9.31. The van der Waals surface area contributed by atoms with Crippen LogP contribution in [-0.4, -0.2) is 50.0 Å². The molecule has 0 bridgehead atoms. The normalized spacial score (nSPS) is 13.1. The van der Waals surface area contributed by atoms with Gasteiger partial charge < -0.3 is 10.2 Å². The number of carbonyl (C=O) groups is 2. The van der Waals surface area contributed by atoms with E-state index in [1.807, 2.05) is 13.8 Å². The summed E-state index contributed by atoms with van der Waals surface area (Å²) in [5, 5.41) is 3.02. The third-order valence-corrected chi connectivity index (χ3v) is 7.35. The SMILES string of the molecule is CC[C@H](C)NC(=O)[C@H](CC)N(Cc1ccccc1Cl)C(=O)CN(c1ccc(F)c(Cl)c1)S(C)(=O)=O. The average molecular weight is 546 g/mol. The van der Waals surface area contributed by atoms with Crippen molar-refractivity contribution >= 4 is 50.7 Å². The fourth-order valence-corrected chi connectivity index (χ4v) is 4.64. The maximum atomic E-state index is 13.7. The smallest absolute Gasteiger partial charge is 0.244 e. The topological polar surface area (TPSA) is 86.8 Å². The van der Waals surface area contributed by atoms with E-state index in [1.54, 1.807) is 31.2 Å². The summed E-state index contributed by atoms with van der Waals surface area (Å²) >= 11 is 12.2. The van der Waals surface area contributed by atoms with Crippen molar-refractivity contribution in [1.82, 2.24) is 10.2 Å². The zero-order valence-corrected chi connectivity index (χ0v) is 22.4. The van der Waals surface area contributed by atoms with Crippen LogP contribution in [0.5, 0.6) is 0 Å². The molecule has 0 saturated heterocycles. The van der Waals surface area contributed by atoms with Crippen LogP contribution >= 0.6 is 23.2 Å². The molecule has 0 aromatic heterocycles. The Balaban J connectivity index is 2.47. The highest BCUT2D eigenvalue weighted by atomic mass is 35.5. The third-order valence-electron chi connectivity index (χ3n) is 5.56. The zero-order valence-electron chi connectivity index (χ0n) is 20.1. The van der Waals surface area contributed by atoms with Crippen LogP contribution in [0.4, 0.5) is 10.1 Å². The lowest BCUT2D eigenvalue weighted by atomic mass is 10.1. The number of anilines is 1. The Morgan fingerprint density at radius 1 is 1.06 bits per heavy atom. The minimum Gasteiger partial charge on any atom is -0.352 e. The van der Waals surface area contributed by atoms with Crippen molar-refractivity contribution in [3.8, 4) is 0 Å². The van der Waals surface area contributed by atoms with Gasteiger partial charge in [0.1, 0.15) is 18.4 Å². The number of amides is 2. The number of hydrogen-bond acceptors (Lipinski definition) is 4. The van der Waals surface area contributed by atoms with E-state index in [2.05, 4.69) is 5.32 Å². The summed E-state index contributed by atoms with van der Waals surface area (Å²) in [6.45, 7) is 4.93. The Kier molecular flexibility index (Phi) is 10.4. The maximum absolute atomic E-state index is 13.7. The van der Waals surface area contributed by atoms with Crippen LogP contribution < -0.4 is 9.62 Å². The Hall–Kier alpha value is -2.36. The number of sulfonamides is 1. The second-order valence-electron chi connectivity index (χ2n) is 8.22. The quantitative estimate of drug-likeness (QED) is 0.446. The fourth-order valence-electron chi connectivity index (χ4n) is 3.42. The van der Waals surface area contributed by atoms with Crippen molar-refractivity contribution in [1.29, 1.82) is 0 Å². The summed E-state index contributed by atoms with van der Waals surface area (Å²) in [5.74, 6) is -1.69. The van der Waals surface area contributed by atoms with E-state index in [4.69, 9.17) is 23.2 Å². The first-order valence-corrected chi connectivity index (χ1v) is 13.7. The first kappa shape index (κ1) is 28.9. The number of halogens is 3. The lowest BCUT2D eigenvalue weighted by Gasteiger charge is -2.33. The molecule has 192 valence electrons. The minimum atomic E-state index is -3.95. The highest BCUT2D eigenvalue weighted by Crippen LogP contribution is 2.26. The van der Waals surface area contributed by atoms with Gasteiger partial charge in [-0.3, -0.25) is 13.9 Å². The molecular weight excluding hydrogens is 516 g/mol. The van der Waals surface area contributed by atoms with Crippen LogP contribution in [0.15, 0.2) is 42.5 Å². The van der Waals surface area contributed by atoms with Crippen molar-refractivity contribution in [3.63, 3.8) is 0 Å². The molecule has 0 heterocycles. The van der Waals surface area contributed by atoms with Crippen molar-refractivity contribution in [2.45, 2.75) is 52.2 Å². The Morgan fingerprint density at radius 3 is 2.26 bits per heavy atom. The molecule has 2 aromatic carbocycles. The molecule has 0 unspecified atom stereocenters. The van der Waals surface area contributed by atoms with Gasteiger partial charge >= 0.3 is 0 Å². The molecular formula is C24H30Cl2FN3O4S. The van der Waals surface area contributed by atoms with E-state index in [0.717, 1.165) is 22.7 Å². The largest absolute Gasteiger partial charge is 0.352 e. The van der Waals surface area contributed by atoms with E-state index in [1.165, 1.54) is 11.0 Å². The van der Waals surface area contributed by atoms with Crippen molar-refractivity contribution in [2.24, 2.45) is 0 Å². The fraction of sp³-hybridized carbons (Fsp3) is 0.417. The Morgan fingerprint density at radius 2 is 1.71 bits per heavy atom. The molecule has 0 aliphatic carbocycles. The Labute approximate surface area is 216 Å². The molecule has 11 heteroatoms. The molecule has 35 heavy (non-hydrogen) atoms. The van der Waals surface area contributed by atoms with Gasteiger partial charge in [0, 0.05) is 17.6 Å². The summed E-state index contributed by atoms with van der Waals surface area (Å²) in [5.41, 5.74) is 0.634. The van der Waals surface area contributed by atoms with Crippen LogP contribution in [0.25, 0.3) is 0 Å². The number of nitrogens with one attached hydrogen (secondary N) is 1. The standard InChI is InChI=1S/C24H30Cl2FN3O4S/c1-5-16(3)28-24(32)22(6-2)29(14-17-9-7-8-10-19(17)25)23(31)15-30(35(4,33)34)18-11-12-21(27)20(26)13-18/h7-13,16,22H,5-6,14-15H2,1-4H3,(H,28,32)/t16-,22-/m0/s1. The monoisotopic (exact) mass is 545 g/mol. The van der Waals surface area contributed by atoms with E-state index in [9.17, 15) is 22.4 Å². The van der Waals surface area contributed by atoms with Crippen LogP contribution in [0.1, 0.15) is 39.2 Å². The van der Waals surface area contributed by atoms with Gasteiger partial charge in [-0.1, -0.05) is 55.2 Å². The molecule has 2 aromatic rings. The summed E-state index contributed by atoms with van der Waals surface area (Å²) < 4.78 is 39.7. The number of benzene rings is 2. The highest BCUT2D eigenvalue weighted by molar-refractivity contribution is 7.92. The second-order valence-corrected chi connectivity index (χ2v) is 10.9. The lowest BCUT2D eigenvalue weighted by Crippen LogP contribution is -2.53. The van der Waals surface area contributed by atoms with Gasteiger partial charge in [0.05, 0.1) is 17.0 Å². The summed E-state index contributed by atoms with van der Waals surface area (Å²) in [6.07, 6.45) is 1.93. The van der Waals surface area contributed by atoms with Crippen LogP contribution in [-0.2, 0) is 26.2 Å². The average Bonchev–Trinajstić information content (AvgIpc) is 2.79. The number of rotatable bonds is 11. The molecule has 0 aliphatic rings. The zero-order chi connectivity index (χ0) is 26.3. The summed E-state index contributed by atoms with van der Waals surface area (Å²) in [7, 11) is -3.95. The first-order valence-electron chi connectivity index (χ1n) is 11.1. The number of hydrogen-bond donors (Lipinski definition) is 1. The molecule has 2 rings (SSSR count). The summed E-state index contributed by atoms with van der Waals surface area (Å²) in [4.78, 5) is 28.0. The predicted octanol–water partition coefficient (Wildman–Crippen LogP) is 4.62. The number of carbonyl (C=O) groups excluding carboxylic acids is 2. The molecule has 0 radical (unpaired) electrons. The van der Waals surface area contributed by atoms with Crippen LogP contribution in [0.3, 0.4) is 0 Å². The van der Waals surface area contributed by atoms with Gasteiger partial charge in [0.15, 0.2) is 0 Å². The Bertz CT molecular complexity index is 1160. The predicted molar refractivity (Wildman–Crippen MR) is 138 cm³/mol. The first-order chi connectivity index (χ1) is 16.4. The van der Waals surface area contributed by atoms with Gasteiger partial charge in [-0.15, -0.1) is 0 Å². The van der Waals surface area contributed by atoms with E-state index < -0.39 is 34.3 Å². The molecule has 0 fully saturated rings. The van der Waals surface area contributed by atoms with E-state index in [0.29, 0.717) is 23.4 Å². The van der Waals surface area contributed by atoms with Gasteiger partial charge in [0.25, 0.3) is 0 Å². The van der Waals surface area contributed by atoms with Crippen LogP contribution in [0.2, 0.25) is 10.0 Å². The third kappa shape index (κ3) is 7.81. The molecule has 7 nitrogen and oxygen atoms in total. The van der Waals surface area contributed by atoms with Crippen molar-refractivity contribution in [3.05, 3.63) is 63.9 Å². The molecule has 0 aliphatic heterocycles. The van der Waals surface area contributed by atoms with Gasteiger partial charge in [-0.25, -0.2) is 12.8 Å². The molecule has 2 atom stereocenters. The van der Waals surface area contributed by atoms with Gasteiger partial charge in [-0.2, -0.15) is 0 Å². The molecule has 0 spiro atoms. The van der Waals surface area contributed by atoms with Crippen molar-refractivity contribution in [2.75, 3.05) is 17.1 Å². The highest BCUT2D eigenvalue weighted by Gasteiger charge is 2.32. The lowest BCUT2D eigenvalue weighted by molar-refractivity contribution is -0.140. The molecule has 1 N–H and O–H groups in total. The molecule has 0 saturated carbocycles. The second kappa shape index (κ2) is 12.6. The van der Waals surface area contributed by atoms with Crippen molar-refractivity contribution < 1.29 is 22.4 Å². The maximum Gasteiger partial charge on any atom is 0.244 e. The van der Waals surface area contributed by atoms with Gasteiger partial charge in [0.2, 0.25) is 21.8 Å². The number of nitrogens with zero attached hydrogens (tertiary/aromatic N) is 2. The van der Waals surface area contributed by atoms with E-state index in [-0.39, 0.29) is 29.2 Å². The molecule has 2 amide bonds.